The van der Waals surface area contributed by atoms with Crippen LogP contribution in [0.1, 0.15) is 24.0 Å². The van der Waals surface area contributed by atoms with E-state index in [9.17, 15) is 9.90 Å². The number of hydrogen-bond donors (Lipinski definition) is 1. The number of carbonyl (C=O) groups is 1. The highest BCUT2D eigenvalue weighted by molar-refractivity contribution is 9.10. The lowest BCUT2D eigenvalue weighted by molar-refractivity contribution is -0.127. The smallest absolute Gasteiger partial charge is 0.246 e. The SMILES string of the molecule is Cc1ccc(/C=C/C(=O)N2CCC(O)CC2)c(Br)c1. The summed E-state index contributed by atoms with van der Waals surface area (Å²) in [6, 6.07) is 6.04. The van der Waals surface area contributed by atoms with E-state index in [-0.39, 0.29) is 12.0 Å². The van der Waals surface area contributed by atoms with E-state index in [0.29, 0.717) is 25.9 Å². The number of hydrogen-bond acceptors (Lipinski definition) is 2. The molecule has 19 heavy (non-hydrogen) atoms. The average molecular weight is 324 g/mol. The van der Waals surface area contributed by atoms with Crippen molar-refractivity contribution < 1.29 is 9.90 Å². The second kappa shape index (κ2) is 6.35. The lowest BCUT2D eigenvalue weighted by Crippen LogP contribution is -2.39. The van der Waals surface area contributed by atoms with Crippen molar-refractivity contribution >= 4 is 27.9 Å². The summed E-state index contributed by atoms with van der Waals surface area (Å²) in [6.07, 6.45) is 4.53. The summed E-state index contributed by atoms with van der Waals surface area (Å²) in [5.74, 6) is 0.0133. The normalized spacial score (nSPS) is 17.1. The van der Waals surface area contributed by atoms with Crippen LogP contribution in [0, 0.1) is 6.92 Å². The number of piperidine rings is 1. The van der Waals surface area contributed by atoms with Gasteiger partial charge in [-0.15, -0.1) is 0 Å². The first-order chi connectivity index (χ1) is 9.06. The van der Waals surface area contributed by atoms with Crippen LogP contribution >= 0.6 is 15.9 Å². The van der Waals surface area contributed by atoms with Gasteiger partial charge in [0.15, 0.2) is 0 Å². The van der Waals surface area contributed by atoms with Crippen molar-refractivity contribution in [3.05, 3.63) is 39.9 Å². The Morgan fingerprint density at radius 1 is 1.42 bits per heavy atom. The molecule has 1 N–H and O–H groups in total. The van der Waals surface area contributed by atoms with Crippen LogP contribution in [-0.2, 0) is 4.79 Å². The first-order valence-corrected chi connectivity index (χ1v) is 7.27. The molecule has 1 saturated heterocycles. The number of nitrogens with zero attached hydrogens (tertiary/aromatic N) is 1. The minimum atomic E-state index is -0.251. The third kappa shape index (κ3) is 3.91. The molecule has 0 spiro atoms. The number of benzene rings is 1. The molecule has 0 saturated carbocycles. The van der Waals surface area contributed by atoms with E-state index in [1.54, 1.807) is 11.0 Å². The van der Waals surface area contributed by atoms with Gasteiger partial charge in [-0.1, -0.05) is 28.1 Å². The molecule has 1 aliphatic heterocycles. The van der Waals surface area contributed by atoms with Crippen LogP contribution in [0.4, 0.5) is 0 Å². The minimum absolute atomic E-state index is 0.0133. The van der Waals surface area contributed by atoms with Gasteiger partial charge >= 0.3 is 0 Å². The number of rotatable bonds is 2. The summed E-state index contributed by atoms with van der Waals surface area (Å²) in [6.45, 7) is 3.31. The zero-order valence-corrected chi connectivity index (χ0v) is 12.6. The topological polar surface area (TPSA) is 40.5 Å². The van der Waals surface area contributed by atoms with Crippen LogP contribution in [-0.4, -0.2) is 35.1 Å². The Kier molecular flexibility index (Phi) is 4.77. The van der Waals surface area contributed by atoms with Gasteiger partial charge in [0.25, 0.3) is 0 Å². The number of amides is 1. The van der Waals surface area contributed by atoms with Crippen LogP contribution in [0.3, 0.4) is 0 Å². The highest BCUT2D eigenvalue weighted by Crippen LogP contribution is 2.20. The average Bonchev–Trinajstić information content (AvgIpc) is 2.38. The lowest BCUT2D eigenvalue weighted by Gasteiger charge is -2.28. The van der Waals surface area contributed by atoms with E-state index in [1.807, 2.05) is 31.2 Å². The van der Waals surface area contributed by atoms with Crippen LogP contribution in [0.15, 0.2) is 28.7 Å². The van der Waals surface area contributed by atoms with Crippen molar-refractivity contribution in [3.8, 4) is 0 Å². The molecule has 1 fully saturated rings. The third-order valence-corrected chi connectivity index (χ3v) is 4.02. The van der Waals surface area contributed by atoms with Gasteiger partial charge in [-0.25, -0.2) is 0 Å². The third-order valence-electron chi connectivity index (χ3n) is 3.34. The Morgan fingerprint density at radius 2 is 2.11 bits per heavy atom. The zero-order chi connectivity index (χ0) is 13.8. The predicted molar refractivity (Wildman–Crippen MR) is 79.7 cm³/mol. The molecular formula is C15H18BrNO2. The molecule has 1 heterocycles. The Bertz CT molecular complexity index is 491. The van der Waals surface area contributed by atoms with Crippen LogP contribution in [0.2, 0.25) is 0 Å². The Morgan fingerprint density at radius 3 is 2.74 bits per heavy atom. The Hall–Kier alpha value is -1.13. The Balaban J connectivity index is 2.00. The lowest BCUT2D eigenvalue weighted by atomic mass is 10.1. The van der Waals surface area contributed by atoms with Crippen LogP contribution in [0.25, 0.3) is 6.08 Å². The largest absolute Gasteiger partial charge is 0.393 e. The minimum Gasteiger partial charge on any atom is -0.393 e. The van der Waals surface area contributed by atoms with Gasteiger partial charge in [-0.05, 0) is 43.0 Å². The molecule has 102 valence electrons. The monoisotopic (exact) mass is 323 g/mol. The quantitative estimate of drug-likeness (QED) is 0.850. The summed E-state index contributed by atoms with van der Waals surface area (Å²) < 4.78 is 0.991. The maximum Gasteiger partial charge on any atom is 0.246 e. The first-order valence-electron chi connectivity index (χ1n) is 6.47. The molecule has 1 amide bonds. The van der Waals surface area contributed by atoms with Crippen LogP contribution in [0.5, 0.6) is 0 Å². The molecule has 1 aromatic rings. The summed E-state index contributed by atoms with van der Waals surface area (Å²) >= 11 is 3.49. The summed E-state index contributed by atoms with van der Waals surface area (Å²) in [5, 5.41) is 9.42. The van der Waals surface area contributed by atoms with E-state index in [2.05, 4.69) is 15.9 Å². The molecule has 0 aliphatic carbocycles. The van der Waals surface area contributed by atoms with Gasteiger partial charge < -0.3 is 10.0 Å². The molecule has 1 aromatic carbocycles. The molecule has 0 bridgehead atoms. The van der Waals surface area contributed by atoms with Crippen molar-refractivity contribution in [2.75, 3.05) is 13.1 Å². The maximum atomic E-state index is 12.0. The van der Waals surface area contributed by atoms with Gasteiger partial charge in [0, 0.05) is 23.6 Å². The summed E-state index contributed by atoms with van der Waals surface area (Å²) in [5.41, 5.74) is 2.18. The molecule has 0 aromatic heterocycles. The summed E-state index contributed by atoms with van der Waals surface area (Å²) in [7, 11) is 0. The van der Waals surface area contributed by atoms with Gasteiger partial charge in [0.2, 0.25) is 5.91 Å². The summed E-state index contributed by atoms with van der Waals surface area (Å²) in [4.78, 5) is 13.8. The molecular weight excluding hydrogens is 306 g/mol. The molecule has 1 aliphatic rings. The number of aliphatic hydroxyl groups is 1. The van der Waals surface area contributed by atoms with Crippen molar-refractivity contribution in [3.63, 3.8) is 0 Å². The highest BCUT2D eigenvalue weighted by atomic mass is 79.9. The van der Waals surface area contributed by atoms with Gasteiger partial charge in [-0.2, -0.15) is 0 Å². The maximum absolute atomic E-state index is 12.0. The first kappa shape index (κ1) is 14.3. The fraction of sp³-hybridized carbons (Fsp3) is 0.400. The molecule has 3 nitrogen and oxygen atoms in total. The number of carbonyl (C=O) groups excluding carboxylic acids is 1. The Labute approximate surface area is 122 Å². The van der Waals surface area contributed by atoms with Gasteiger partial charge in [0.05, 0.1) is 6.10 Å². The van der Waals surface area contributed by atoms with Crippen LogP contribution < -0.4 is 0 Å². The van der Waals surface area contributed by atoms with Gasteiger partial charge in [-0.3, -0.25) is 4.79 Å². The van der Waals surface area contributed by atoms with E-state index in [0.717, 1.165) is 10.0 Å². The molecule has 2 rings (SSSR count). The van der Waals surface area contributed by atoms with E-state index in [1.165, 1.54) is 5.56 Å². The fourth-order valence-electron chi connectivity index (χ4n) is 2.12. The predicted octanol–water partition coefficient (Wildman–Crippen LogP) is 2.75. The van der Waals surface area contributed by atoms with Crippen molar-refractivity contribution in [1.29, 1.82) is 0 Å². The van der Waals surface area contributed by atoms with E-state index >= 15 is 0 Å². The highest BCUT2D eigenvalue weighted by Gasteiger charge is 2.19. The van der Waals surface area contributed by atoms with Crippen molar-refractivity contribution in [2.45, 2.75) is 25.9 Å². The number of halogens is 1. The van der Waals surface area contributed by atoms with Crippen molar-refractivity contribution in [2.24, 2.45) is 0 Å². The molecule has 0 unspecified atom stereocenters. The molecule has 0 radical (unpaired) electrons. The van der Waals surface area contributed by atoms with Gasteiger partial charge in [0.1, 0.15) is 0 Å². The molecule has 4 heteroatoms. The zero-order valence-electron chi connectivity index (χ0n) is 11.0. The number of likely N-dealkylation sites (tertiary alicyclic amines) is 1. The number of aliphatic hydroxyl groups excluding tert-OH is 1. The second-order valence-electron chi connectivity index (χ2n) is 4.91. The molecule has 0 atom stereocenters. The number of aryl methyl sites for hydroxylation is 1. The van der Waals surface area contributed by atoms with E-state index in [4.69, 9.17) is 0 Å². The van der Waals surface area contributed by atoms with E-state index < -0.39 is 0 Å². The standard InChI is InChI=1S/C15H18BrNO2/c1-11-2-3-12(14(16)10-11)4-5-15(19)17-8-6-13(18)7-9-17/h2-5,10,13,18H,6-9H2,1H3/b5-4+. The second-order valence-corrected chi connectivity index (χ2v) is 5.77. The van der Waals surface area contributed by atoms with Crippen molar-refractivity contribution in [1.82, 2.24) is 4.90 Å². The fourth-order valence-corrected chi connectivity index (χ4v) is 2.75.